The lowest BCUT2D eigenvalue weighted by atomic mass is 9.89. The van der Waals surface area contributed by atoms with E-state index < -0.39 is 5.41 Å². The molecule has 0 unspecified atom stereocenters. The van der Waals surface area contributed by atoms with E-state index in [1.165, 1.54) is 12.7 Å². The van der Waals surface area contributed by atoms with Crippen molar-refractivity contribution in [1.29, 1.82) is 0 Å². The smallest absolute Gasteiger partial charge is 0.321 e. The first kappa shape index (κ1) is 13.4. The fourth-order valence-corrected chi connectivity index (χ4v) is 3.78. The standard InChI is InChI=1S/C19H18O3/c1-11-4-7-13(8-5-11)16-17-19(16,18(20)21-3)14-10-12(2)6-9-15(14)22-17/h4-10,16-17H,1-3H3/t16-,17-,19-/m1/s1. The molecule has 1 fully saturated rings. The van der Waals surface area contributed by atoms with Gasteiger partial charge in [0.2, 0.25) is 0 Å². The fraction of sp³-hybridized carbons (Fsp3) is 0.316. The Balaban J connectivity index is 1.85. The molecule has 2 aromatic carbocycles. The number of carbonyl (C=O) groups is 1. The van der Waals surface area contributed by atoms with Crippen LogP contribution in [0.1, 0.15) is 28.2 Å². The van der Waals surface area contributed by atoms with Crippen LogP contribution >= 0.6 is 0 Å². The van der Waals surface area contributed by atoms with Crippen molar-refractivity contribution in [2.75, 3.05) is 7.11 Å². The summed E-state index contributed by atoms with van der Waals surface area (Å²) in [5.74, 6) is 0.645. The molecule has 2 aliphatic rings. The molecule has 0 radical (unpaired) electrons. The van der Waals surface area contributed by atoms with Gasteiger partial charge in [0.15, 0.2) is 0 Å². The Bertz CT molecular complexity index is 763. The van der Waals surface area contributed by atoms with Crippen molar-refractivity contribution in [2.24, 2.45) is 0 Å². The Morgan fingerprint density at radius 2 is 1.77 bits per heavy atom. The summed E-state index contributed by atoms with van der Waals surface area (Å²) in [6, 6.07) is 14.3. The Labute approximate surface area is 129 Å². The summed E-state index contributed by atoms with van der Waals surface area (Å²) in [7, 11) is 1.45. The third-order valence-electron chi connectivity index (χ3n) is 4.93. The minimum atomic E-state index is -0.675. The molecule has 1 aliphatic heterocycles. The largest absolute Gasteiger partial charge is 0.488 e. The van der Waals surface area contributed by atoms with Crippen molar-refractivity contribution >= 4 is 5.97 Å². The second-order valence-electron chi connectivity index (χ2n) is 6.29. The third-order valence-corrected chi connectivity index (χ3v) is 4.93. The summed E-state index contributed by atoms with van der Waals surface area (Å²) in [5.41, 5.74) is 3.76. The molecule has 4 rings (SSSR count). The van der Waals surface area contributed by atoms with Crippen LogP contribution in [0, 0.1) is 13.8 Å². The van der Waals surface area contributed by atoms with Crippen molar-refractivity contribution in [2.45, 2.75) is 31.3 Å². The van der Waals surface area contributed by atoms with Gasteiger partial charge in [0.25, 0.3) is 0 Å². The molecule has 0 amide bonds. The van der Waals surface area contributed by atoms with Crippen molar-refractivity contribution < 1.29 is 14.3 Å². The Morgan fingerprint density at radius 1 is 1.09 bits per heavy atom. The fourth-order valence-electron chi connectivity index (χ4n) is 3.78. The van der Waals surface area contributed by atoms with E-state index in [4.69, 9.17) is 9.47 Å². The number of rotatable bonds is 2. The highest BCUT2D eigenvalue weighted by atomic mass is 16.5. The lowest BCUT2D eigenvalue weighted by molar-refractivity contribution is -0.144. The molecule has 0 spiro atoms. The van der Waals surface area contributed by atoms with Gasteiger partial charge in [-0.3, -0.25) is 4.79 Å². The average Bonchev–Trinajstić information content (AvgIpc) is 3.06. The molecule has 3 heteroatoms. The minimum Gasteiger partial charge on any atom is -0.488 e. The van der Waals surface area contributed by atoms with Gasteiger partial charge in [-0.2, -0.15) is 0 Å². The van der Waals surface area contributed by atoms with Gasteiger partial charge < -0.3 is 9.47 Å². The van der Waals surface area contributed by atoms with Crippen LogP contribution in [0.4, 0.5) is 0 Å². The van der Waals surface area contributed by atoms with Gasteiger partial charge in [-0.15, -0.1) is 0 Å². The lowest BCUT2D eigenvalue weighted by Gasteiger charge is -2.15. The SMILES string of the molecule is COC(=O)[C@@]12c3cc(C)ccc3O[C@@H]1[C@H]2c1ccc(C)cc1. The number of methoxy groups -OCH3 is 1. The maximum atomic E-state index is 12.6. The Kier molecular flexibility index (Phi) is 2.65. The maximum absolute atomic E-state index is 12.6. The highest BCUT2D eigenvalue weighted by molar-refractivity contribution is 5.94. The molecule has 22 heavy (non-hydrogen) atoms. The lowest BCUT2D eigenvalue weighted by Crippen LogP contribution is -2.25. The summed E-state index contributed by atoms with van der Waals surface area (Å²) in [5, 5.41) is 0. The van der Waals surface area contributed by atoms with E-state index >= 15 is 0 Å². The van der Waals surface area contributed by atoms with Crippen LogP contribution in [0.2, 0.25) is 0 Å². The molecule has 3 atom stereocenters. The monoisotopic (exact) mass is 294 g/mol. The van der Waals surface area contributed by atoms with E-state index in [9.17, 15) is 4.79 Å². The Morgan fingerprint density at radius 3 is 2.45 bits per heavy atom. The number of carbonyl (C=O) groups excluding carboxylic acids is 1. The molecule has 0 saturated heterocycles. The van der Waals surface area contributed by atoms with Gasteiger partial charge in [-0.1, -0.05) is 47.5 Å². The van der Waals surface area contributed by atoms with Crippen LogP contribution in [0.15, 0.2) is 42.5 Å². The van der Waals surface area contributed by atoms with Crippen LogP contribution in [0.5, 0.6) is 5.75 Å². The van der Waals surface area contributed by atoms with Gasteiger partial charge in [-0.05, 0) is 25.5 Å². The van der Waals surface area contributed by atoms with Crippen molar-refractivity contribution in [3.8, 4) is 5.75 Å². The normalized spacial score (nSPS) is 27.6. The highest BCUT2D eigenvalue weighted by Gasteiger charge is 2.78. The number of aryl methyl sites for hydroxylation is 2. The number of hydrogen-bond acceptors (Lipinski definition) is 3. The number of ether oxygens (including phenoxy) is 2. The summed E-state index contributed by atoms with van der Waals surface area (Å²) in [4.78, 5) is 12.6. The zero-order valence-corrected chi connectivity index (χ0v) is 12.9. The molecule has 0 bridgehead atoms. The average molecular weight is 294 g/mol. The minimum absolute atomic E-state index is 0.0369. The maximum Gasteiger partial charge on any atom is 0.321 e. The van der Waals surface area contributed by atoms with E-state index in [1.807, 2.05) is 19.1 Å². The summed E-state index contributed by atoms with van der Waals surface area (Å²) in [6.45, 7) is 4.09. The second kappa shape index (κ2) is 4.35. The van der Waals surface area contributed by atoms with E-state index in [1.54, 1.807) is 0 Å². The van der Waals surface area contributed by atoms with E-state index in [2.05, 4.69) is 37.3 Å². The Hall–Kier alpha value is -2.29. The molecule has 1 saturated carbocycles. The van der Waals surface area contributed by atoms with Crippen molar-refractivity contribution in [1.82, 2.24) is 0 Å². The van der Waals surface area contributed by atoms with Crippen LogP contribution in [0.3, 0.4) is 0 Å². The van der Waals surface area contributed by atoms with Crippen molar-refractivity contribution in [3.05, 3.63) is 64.7 Å². The molecule has 2 aromatic rings. The van der Waals surface area contributed by atoms with Crippen LogP contribution < -0.4 is 4.74 Å². The number of esters is 1. The van der Waals surface area contributed by atoms with E-state index in [0.29, 0.717) is 0 Å². The molecular weight excluding hydrogens is 276 g/mol. The number of benzene rings is 2. The second-order valence-corrected chi connectivity index (χ2v) is 6.29. The molecule has 3 nitrogen and oxygen atoms in total. The first-order chi connectivity index (χ1) is 10.6. The number of fused-ring (bicyclic) bond motifs is 3. The molecule has 0 N–H and O–H groups in total. The summed E-state index contributed by atoms with van der Waals surface area (Å²) < 4.78 is 11.2. The van der Waals surface area contributed by atoms with Crippen LogP contribution in [-0.2, 0) is 14.9 Å². The summed E-state index contributed by atoms with van der Waals surface area (Å²) in [6.07, 6.45) is -0.153. The zero-order valence-electron chi connectivity index (χ0n) is 12.9. The van der Waals surface area contributed by atoms with Gasteiger partial charge in [-0.25, -0.2) is 0 Å². The highest BCUT2D eigenvalue weighted by Crippen LogP contribution is 2.68. The zero-order chi connectivity index (χ0) is 15.5. The molecule has 1 aliphatic carbocycles. The predicted molar refractivity (Wildman–Crippen MR) is 83.2 cm³/mol. The number of hydrogen-bond donors (Lipinski definition) is 0. The van der Waals surface area contributed by atoms with Gasteiger partial charge in [0, 0.05) is 11.5 Å². The third kappa shape index (κ3) is 1.54. The molecule has 0 aromatic heterocycles. The van der Waals surface area contributed by atoms with Gasteiger partial charge in [0.05, 0.1) is 7.11 Å². The topological polar surface area (TPSA) is 35.5 Å². The quantitative estimate of drug-likeness (QED) is 0.797. The first-order valence-corrected chi connectivity index (χ1v) is 7.52. The van der Waals surface area contributed by atoms with E-state index in [-0.39, 0.29) is 18.0 Å². The van der Waals surface area contributed by atoms with Gasteiger partial charge in [0.1, 0.15) is 17.3 Å². The molecular formula is C19H18O3. The molecule has 112 valence electrons. The van der Waals surface area contributed by atoms with Crippen LogP contribution in [-0.4, -0.2) is 19.2 Å². The van der Waals surface area contributed by atoms with Crippen LogP contribution in [0.25, 0.3) is 0 Å². The van der Waals surface area contributed by atoms with Crippen molar-refractivity contribution in [3.63, 3.8) is 0 Å². The molecule has 1 heterocycles. The predicted octanol–water partition coefficient (Wildman–Crippen LogP) is 3.27. The first-order valence-electron chi connectivity index (χ1n) is 7.52. The van der Waals surface area contributed by atoms with Gasteiger partial charge >= 0.3 is 5.97 Å². The summed E-state index contributed by atoms with van der Waals surface area (Å²) >= 11 is 0. The van der Waals surface area contributed by atoms with E-state index in [0.717, 1.165) is 22.4 Å².